The summed E-state index contributed by atoms with van der Waals surface area (Å²) in [6.45, 7) is 1.97. The van der Waals surface area contributed by atoms with E-state index in [1.165, 1.54) is 6.07 Å². The SMILES string of the molecule is COc1ccc(C(N)Cc2cc(Br)ccc2F)cc1C. The zero-order valence-corrected chi connectivity index (χ0v) is 13.1. The highest BCUT2D eigenvalue weighted by Gasteiger charge is 2.12. The van der Waals surface area contributed by atoms with Crippen molar-refractivity contribution < 1.29 is 9.13 Å². The third-order valence-corrected chi connectivity index (χ3v) is 3.79. The summed E-state index contributed by atoms with van der Waals surface area (Å²) >= 11 is 3.35. The summed E-state index contributed by atoms with van der Waals surface area (Å²) in [5, 5.41) is 0. The van der Waals surface area contributed by atoms with Gasteiger partial charge in [0.15, 0.2) is 0 Å². The smallest absolute Gasteiger partial charge is 0.126 e. The minimum absolute atomic E-state index is 0.228. The molecule has 2 nitrogen and oxygen atoms in total. The predicted molar refractivity (Wildman–Crippen MR) is 82.5 cm³/mol. The van der Waals surface area contributed by atoms with E-state index in [4.69, 9.17) is 10.5 Å². The zero-order valence-electron chi connectivity index (χ0n) is 11.5. The molecule has 0 aliphatic rings. The molecule has 1 unspecified atom stereocenters. The largest absolute Gasteiger partial charge is 0.496 e. The van der Waals surface area contributed by atoms with Crippen molar-refractivity contribution in [1.82, 2.24) is 0 Å². The van der Waals surface area contributed by atoms with Gasteiger partial charge in [0.25, 0.3) is 0 Å². The lowest BCUT2D eigenvalue weighted by molar-refractivity contribution is 0.411. The Morgan fingerprint density at radius 2 is 2.00 bits per heavy atom. The fourth-order valence-electron chi connectivity index (χ4n) is 2.19. The van der Waals surface area contributed by atoms with Crippen LogP contribution >= 0.6 is 15.9 Å². The molecular weight excluding hydrogens is 321 g/mol. The maximum atomic E-state index is 13.7. The number of ether oxygens (including phenoxy) is 1. The minimum Gasteiger partial charge on any atom is -0.496 e. The van der Waals surface area contributed by atoms with Crippen LogP contribution in [0.1, 0.15) is 22.7 Å². The average Bonchev–Trinajstić information content (AvgIpc) is 2.42. The molecule has 106 valence electrons. The maximum absolute atomic E-state index is 13.7. The van der Waals surface area contributed by atoms with Gasteiger partial charge in [-0.25, -0.2) is 4.39 Å². The van der Waals surface area contributed by atoms with Gasteiger partial charge in [0.2, 0.25) is 0 Å². The van der Waals surface area contributed by atoms with Gasteiger partial charge in [-0.3, -0.25) is 0 Å². The van der Waals surface area contributed by atoms with Crippen molar-refractivity contribution in [2.75, 3.05) is 7.11 Å². The standard InChI is InChI=1S/C16H17BrFNO/c1-10-7-11(3-6-16(10)20-2)15(19)9-12-8-13(17)4-5-14(12)18/h3-8,15H,9,19H2,1-2H3. The van der Waals surface area contributed by atoms with Crippen molar-refractivity contribution in [3.05, 3.63) is 63.4 Å². The summed E-state index contributed by atoms with van der Waals surface area (Å²) in [5.74, 6) is 0.600. The number of aryl methyl sites for hydroxylation is 1. The Kier molecular flexibility index (Phi) is 4.78. The minimum atomic E-state index is -0.247. The molecule has 0 saturated carbocycles. The van der Waals surface area contributed by atoms with Crippen LogP contribution in [0, 0.1) is 12.7 Å². The summed E-state index contributed by atoms with van der Waals surface area (Å²) in [5.41, 5.74) is 8.79. The summed E-state index contributed by atoms with van der Waals surface area (Å²) in [6.07, 6.45) is 0.455. The second kappa shape index (κ2) is 6.37. The first-order valence-electron chi connectivity index (χ1n) is 6.35. The van der Waals surface area contributed by atoms with Gasteiger partial charge in [0.1, 0.15) is 11.6 Å². The van der Waals surface area contributed by atoms with E-state index in [2.05, 4.69) is 15.9 Å². The molecule has 4 heteroatoms. The normalized spacial score (nSPS) is 12.2. The van der Waals surface area contributed by atoms with Gasteiger partial charge < -0.3 is 10.5 Å². The third-order valence-electron chi connectivity index (χ3n) is 3.29. The van der Waals surface area contributed by atoms with E-state index in [0.29, 0.717) is 12.0 Å². The van der Waals surface area contributed by atoms with Crippen LogP contribution in [-0.4, -0.2) is 7.11 Å². The molecule has 0 fully saturated rings. The van der Waals surface area contributed by atoms with Crippen LogP contribution in [0.2, 0.25) is 0 Å². The van der Waals surface area contributed by atoms with Crippen molar-refractivity contribution in [2.45, 2.75) is 19.4 Å². The molecule has 0 aliphatic heterocycles. The number of hydrogen-bond acceptors (Lipinski definition) is 2. The van der Waals surface area contributed by atoms with Crippen LogP contribution in [0.25, 0.3) is 0 Å². The second-order valence-corrected chi connectivity index (χ2v) is 5.69. The molecule has 0 aromatic heterocycles. The van der Waals surface area contributed by atoms with Crippen LogP contribution in [0.15, 0.2) is 40.9 Å². The van der Waals surface area contributed by atoms with Crippen LogP contribution in [0.4, 0.5) is 4.39 Å². The van der Waals surface area contributed by atoms with Crippen LogP contribution < -0.4 is 10.5 Å². The van der Waals surface area contributed by atoms with Crippen molar-refractivity contribution in [3.63, 3.8) is 0 Å². The molecule has 2 rings (SSSR count). The molecule has 0 radical (unpaired) electrons. The molecule has 2 N–H and O–H groups in total. The van der Waals surface area contributed by atoms with E-state index >= 15 is 0 Å². The van der Waals surface area contributed by atoms with Crippen LogP contribution in [0.3, 0.4) is 0 Å². The summed E-state index contributed by atoms with van der Waals surface area (Å²) in [6, 6.07) is 10.5. The van der Waals surface area contributed by atoms with Crippen molar-refractivity contribution in [3.8, 4) is 5.75 Å². The molecule has 2 aromatic rings. The lowest BCUT2D eigenvalue weighted by Gasteiger charge is -2.15. The van der Waals surface area contributed by atoms with Gasteiger partial charge >= 0.3 is 0 Å². The molecular formula is C16H17BrFNO. The van der Waals surface area contributed by atoms with Gasteiger partial charge in [0, 0.05) is 10.5 Å². The monoisotopic (exact) mass is 337 g/mol. The first kappa shape index (κ1) is 15.0. The number of rotatable bonds is 4. The topological polar surface area (TPSA) is 35.2 Å². The number of methoxy groups -OCH3 is 1. The summed E-state index contributed by atoms with van der Waals surface area (Å²) < 4.78 is 19.8. The van der Waals surface area contributed by atoms with Gasteiger partial charge in [-0.05, 0) is 54.3 Å². The molecule has 20 heavy (non-hydrogen) atoms. The van der Waals surface area contributed by atoms with E-state index in [0.717, 1.165) is 21.3 Å². The Bertz CT molecular complexity index is 615. The van der Waals surface area contributed by atoms with Gasteiger partial charge in [-0.15, -0.1) is 0 Å². The Balaban J connectivity index is 2.21. The lowest BCUT2D eigenvalue weighted by Crippen LogP contribution is -2.14. The third kappa shape index (κ3) is 3.38. The maximum Gasteiger partial charge on any atom is 0.126 e. The molecule has 0 saturated heterocycles. The van der Waals surface area contributed by atoms with Crippen molar-refractivity contribution in [2.24, 2.45) is 5.73 Å². The zero-order chi connectivity index (χ0) is 14.7. The van der Waals surface area contributed by atoms with Gasteiger partial charge in [-0.2, -0.15) is 0 Å². The highest BCUT2D eigenvalue weighted by Crippen LogP contribution is 2.25. The van der Waals surface area contributed by atoms with E-state index in [1.807, 2.05) is 25.1 Å². The molecule has 0 spiro atoms. The Morgan fingerprint density at radius 1 is 1.25 bits per heavy atom. The predicted octanol–water partition coefficient (Wildman–Crippen LogP) is 4.15. The second-order valence-electron chi connectivity index (χ2n) is 4.78. The van der Waals surface area contributed by atoms with Crippen LogP contribution in [-0.2, 0) is 6.42 Å². The van der Waals surface area contributed by atoms with Crippen molar-refractivity contribution >= 4 is 15.9 Å². The Morgan fingerprint density at radius 3 is 2.65 bits per heavy atom. The Labute approximate surface area is 126 Å². The van der Waals surface area contributed by atoms with Gasteiger partial charge in [0.05, 0.1) is 7.11 Å². The number of halogens is 2. The molecule has 0 bridgehead atoms. The highest BCUT2D eigenvalue weighted by molar-refractivity contribution is 9.10. The fraction of sp³-hybridized carbons (Fsp3) is 0.250. The average molecular weight is 338 g/mol. The fourth-order valence-corrected chi connectivity index (χ4v) is 2.60. The number of hydrogen-bond donors (Lipinski definition) is 1. The van der Waals surface area contributed by atoms with E-state index < -0.39 is 0 Å². The first-order valence-corrected chi connectivity index (χ1v) is 7.14. The Hall–Kier alpha value is -1.39. The molecule has 2 aromatic carbocycles. The molecule has 0 heterocycles. The lowest BCUT2D eigenvalue weighted by atomic mass is 9.98. The summed E-state index contributed by atoms with van der Waals surface area (Å²) in [4.78, 5) is 0. The molecule has 0 aliphatic carbocycles. The van der Waals surface area contributed by atoms with E-state index in [1.54, 1.807) is 19.2 Å². The van der Waals surface area contributed by atoms with Crippen molar-refractivity contribution in [1.29, 1.82) is 0 Å². The highest BCUT2D eigenvalue weighted by atomic mass is 79.9. The van der Waals surface area contributed by atoms with Crippen LogP contribution in [0.5, 0.6) is 5.75 Å². The van der Waals surface area contributed by atoms with Gasteiger partial charge in [-0.1, -0.05) is 28.1 Å². The van der Waals surface area contributed by atoms with E-state index in [-0.39, 0.29) is 11.9 Å². The van der Waals surface area contributed by atoms with E-state index in [9.17, 15) is 4.39 Å². The first-order chi connectivity index (χ1) is 9.51. The number of nitrogens with two attached hydrogens (primary N) is 1. The quantitative estimate of drug-likeness (QED) is 0.909. The molecule has 1 atom stereocenters. The number of benzene rings is 2. The molecule has 0 amide bonds. The summed E-state index contributed by atoms with van der Waals surface area (Å²) in [7, 11) is 1.64.